The fourth-order valence-electron chi connectivity index (χ4n) is 3.25. The van der Waals surface area contributed by atoms with Crippen molar-refractivity contribution in [1.82, 2.24) is 14.7 Å². The Kier molecular flexibility index (Phi) is 5.48. The van der Waals surface area contributed by atoms with Crippen LogP contribution < -0.4 is 0 Å². The van der Waals surface area contributed by atoms with Crippen LogP contribution in [0.5, 0.6) is 0 Å². The second-order valence-corrected chi connectivity index (χ2v) is 6.92. The van der Waals surface area contributed by atoms with Crippen LogP contribution in [0.15, 0.2) is 41.9 Å². The van der Waals surface area contributed by atoms with E-state index in [4.69, 9.17) is 4.74 Å². The molecule has 0 aliphatic carbocycles. The summed E-state index contributed by atoms with van der Waals surface area (Å²) in [5, 5.41) is 8.28. The number of hydrogen-bond donors (Lipinski definition) is 0. The summed E-state index contributed by atoms with van der Waals surface area (Å²) >= 11 is 1.62. The lowest BCUT2D eigenvalue weighted by molar-refractivity contribution is -0.132. The van der Waals surface area contributed by atoms with Gasteiger partial charge in [-0.05, 0) is 40.8 Å². The minimum atomic E-state index is 0.0506. The largest absolute Gasteiger partial charge is 0.372 e. The van der Waals surface area contributed by atoms with Gasteiger partial charge in [0, 0.05) is 19.8 Å². The van der Waals surface area contributed by atoms with Crippen molar-refractivity contribution in [3.8, 4) is 0 Å². The SMILES string of the molecule is C=CCO[C@H]1CCN(C(=O)Cc2ccsc2)[C@H]1Cc1cnn(C)c1. The quantitative estimate of drug-likeness (QED) is 0.724. The Morgan fingerprint density at radius 1 is 1.54 bits per heavy atom. The lowest BCUT2D eigenvalue weighted by Gasteiger charge is -2.28. The van der Waals surface area contributed by atoms with Gasteiger partial charge in [0.25, 0.3) is 0 Å². The zero-order chi connectivity index (χ0) is 16.9. The predicted octanol–water partition coefficient (Wildman–Crippen LogP) is 2.44. The minimum absolute atomic E-state index is 0.0506. The van der Waals surface area contributed by atoms with Gasteiger partial charge >= 0.3 is 0 Å². The Morgan fingerprint density at radius 2 is 2.42 bits per heavy atom. The summed E-state index contributed by atoms with van der Waals surface area (Å²) in [6.45, 7) is 4.98. The van der Waals surface area contributed by atoms with E-state index < -0.39 is 0 Å². The van der Waals surface area contributed by atoms with E-state index in [-0.39, 0.29) is 18.1 Å². The van der Waals surface area contributed by atoms with Gasteiger partial charge in [-0.2, -0.15) is 16.4 Å². The number of aryl methyl sites for hydroxylation is 1. The molecule has 0 saturated carbocycles. The molecule has 2 aromatic heterocycles. The average molecular weight is 345 g/mol. The molecule has 0 unspecified atom stereocenters. The molecule has 0 spiro atoms. The minimum Gasteiger partial charge on any atom is -0.372 e. The molecule has 0 N–H and O–H groups in total. The maximum absolute atomic E-state index is 12.8. The Morgan fingerprint density at radius 3 is 3.08 bits per heavy atom. The van der Waals surface area contributed by atoms with E-state index in [1.807, 2.05) is 41.2 Å². The standard InChI is InChI=1S/C18H23N3O2S/c1-3-7-23-17-4-6-21(18(22)10-14-5-8-24-13-14)16(17)9-15-11-19-20(2)12-15/h3,5,8,11-13,16-17H,1,4,6-7,9-10H2,2H3/t16-,17-/m0/s1. The first-order chi connectivity index (χ1) is 11.7. The fraction of sp³-hybridized carbons (Fsp3) is 0.444. The van der Waals surface area contributed by atoms with Crippen LogP contribution in [0, 0.1) is 0 Å². The monoisotopic (exact) mass is 345 g/mol. The molecule has 0 bridgehead atoms. The Balaban J connectivity index is 1.72. The summed E-state index contributed by atoms with van der Waals surface area (Å²) in [5.74, 6) is 0.173. The van der Waals surface area contributed by atoms with Crippen LogP contribution in [0.25, 0.3) is 0 Å². The topological polar surface area (TPSA) is 47.4 Å². The van der Waals surface area contributed by atoms with E-state index in [1.165, 1.54) is 0 Å². The van der Waals surface area contributed by atoms with Gasteiger partial charge in [-0.15, -0.1) is 6.58 Å². The second kappa shape index (κ2) is 7.77. The maximum Gasteiger partial charge on any atom is 0.227 e. The lowest BCUT2D eigenvalue weighted by Crippen LogP contribution is -2.42. The number of likely N-dealkylation sites (tertiary alicyclic amines) is 1. The maximum atomic E-state index is 12.8. The summed E-state index contributed by atoms with van der Waals surface area (Å²) in [5.41, 5.74) is 2.21. The van der Waals surface area contributed by atoms with Gasteiger partial charge in [0.05, 0.1) is 31.4 Å². The van der Waals surface area contributed by atoms with Crippen LogP contribution in [0.2, 0.25) is 0 Å². The predicted molar refractivity (Wildman–Crippen MR) is 95.0 cm³/mol. The number of rotatable bonds is 7. The highest BCUT2D eigenvalue weighted by molar-refractivity contribution is 7.07. The third-order valence-corrected chi connectivity index (χ3v) is 5.10. The van der Waals surface area contributed by atoms with Crippen molar-refractivity contribution in [2.24, 2.45) is 7.05 Å². The summed E-state index contributed by atoms with van der Waals surface area (Å²) in [7, 11) is 1.91. The average Bonchev–Trinajstić information content (AvgIpc) is 3.28. The molecule has 0 aromatic carbocycles. The van der Waals surface area contributed by atoms with E-state index in [9.17, 15) is 4.79 Å². The molecule has 128 valence electrons. The summed E-state index contributed by atoms with van der Waals surface area (Å²) in [4.78, 5) is 14.8. The van der Waals surface area contributed by atoms with Gasteiger partial charge < -0.3 is 9.64 Å². The van der Waals surface area contributed by atoms with E-state index >= 15 is 0 Å². The van der Waals surface area contributed by atoms with Crippen molar-refractivity contribution >= 4 is 17.2 Å². The van der Waals surface area contributed by atoms with Crippen LogP contribution in [-0.4, -0.2) is 45.9 Å². The van der Waals surface area contributed by atoms with Crippen molar-refractivity contribution in [2.45, 2.75) is 31.4 Å². The Bertz CT molecular complexity index is 680. The summed E-state index contributed by atoms with van der Waals surface area (Å²) in [6, 6.07) is 2.07. The number of carbonyl (C=O) groups excluding carboxylic acids is 1. The lowest BCUT2D eigenvalue weighted by atomic mass is 10.0. The van der Waals surface area contributed by atoms with Gasteiger partial charge in [-0.3, -0.25) is 9.48 Å². The number of thiophene rings is 1. The molecule has 2 atom stereocenters. The van der Waals surface area contributed by atoms with Gasteiger partial charge in [0.1, 0.15) is 0 Å². The van der Waals surface area contributed by atoms with E-state index in [1.54, 1.807) is 22.1 Å². The number of amides is 1. The number of carbonyl (C=O) groups is 1. The van der Waals surface area contributed by atoms with Crippen molar-refractivity contribution in [3.05, 3.63) is 53.0 Å². The first-order valence-electron chi connectivity index (χ1n) is 8.18. The Hall–Kier alpha value is -1.92. The molecule has 3 heterocycles. The van der Waals surface area contributed by atoms with E-state index in [0.717, 1.165) is 30.5 Å². The zero-order valence-corrected chi connectivity index (χ0v) is 14.7. The van der Waals surface area contributed by atoms with Crippen molar-refractivity contribution < 1.29 is 9.53 Å². The number of aromatic nitrogens is 2. The van der Waals surface area contributed by atoms with Crippen molar-refractivity contribution in [3.63, 3.8) is 0 Å². The number of hydrogen-bond acceptors (Lipinski definition) is 4. The smallest absolute Gasteiger partial charge is 0.227 e. The van der Waals surface area contributed by atoms with Crippen molar-refractivity contribution in [1.29, 1.82) is 0 Å². The molecule has 1 aliphatic rings. The number of nitrogens with zero attached hydrogens (tertiary/aromatic N) is 3. The molecule has 2 aromatic rings. The van der Waals surface area contributed by atoms with E-state index in [2.05, 4.69) is 11.7 Å². The van der Waals surface area contributed by atoms with Gasteiger partial charge in [0.2, 0.25) is 5.91 Å². The molecule has 1 aliphatic heterocycles. The Labute approximate surface area is 146 Å². The number of ether oxygens (including phenoxy) is 1. The highest BCUT2D eigenvalue weighted by Crippen LogP contribution is 2.25. The molecule has 3 rings (SSSR count). The van der Waals surface area contributed by atoms with Crippen LogP contribution in [-0.2, 0) is 29.4 Å². The van der Waals surface area contributed by atoms with Gasteiger partial charge in [0.15, 0.2) is 0 Å². The molecular formula is C18H23N3O2S. The molecule has 1 saturated heterocycles. The first-order valence-corrected chi connectivity index (χ1v) is 9.12. The summed E-state index contributed by atoms with van der Waals surface area (Å²) in [6.07, 6.45) is 7.78. The molecule has 6 heteroatoms. The van der Waals surface area contributed by atoms with Crippen LogP contribution >= 0.6 is 11.3 Å². The van der Waals surface area contributed by atoms with Crippen LogP contribution in [0.4, 0.5) is 0 Å². The third-order valence-electron chi connectivity index (χ3n) is 4.37. The highest BCUT2D eigenvalue weighted by Gasteiger charge is 2.37. The van der Waals surface area contributed by atoms with Crippen LogP contribution in [0.3, 0.4) is 0 Å². The van der Waals surface area contributed by atoms with Crippen molar-refractivity contribution in [2.75, 3.05) is 13.2 Å². The highest BCUT2D eigenvalue weighted by atomic mass is 32.1. The zero-order valence-electron chi connectivity index (χ0n) is 13.9. The molecule has 1 amide bonds. The third kappa shape index (κ3) is 3.94. The first kappa shape index (κ1) is 16.9. The van der Waals surface area contributed by atoms with Gasteiger partial charge in [-0.1, -0.05) is 6.08 Å². The normalized spacial score (nSPS) is 20.5. The second-order valence-electron chi connectivity index (χ2n) is 6.14. The molecule has 5 nitrogen and oxygen atoms in total. The van der Waals surface area contributed by atoms with E-state index in [0.29, 0.717) is 13.0 Å². The molecule has 1 fully saturated rings. The molecule has 24 heavy (non-hydrogen) atoms. The van der Waals surface area contributed by atoms with Crippen LogP contribution in [0.1, 0.15) is 17.5 Å². The van der Waals surface area contributed by atoms with Gasteiger partial charge in [-0.25, -0.2) is 0 Å². The fourth-order valence-corrected chi connectivity index (χ4v) is 3.92. The molecule has 0 radical (unpaired) electrons. The summed E-state index contributed by atoms with van der Waals surface area (Å²) < 4.78 is 7.72. The molecular weight excluding hydrogens is 322 g/mol.